The Labute approximate surface area is 101 Å². The van der Waals surface area contributed by atoms with Gasteiger partial charge in [0.25, 0.3) is 0 Å². The first kappa shape index (κ1) is 13.4. The molecule has 1 aromatic rings. The Bertz CT molecular complexity index is 405. The van der Waals surface area contributed by atoms with E-state index in [-0.39, 0.29) is 23.4 Å². The van der Waals surface area contributed by atoms with Crippen LogP contribution in [0.5, 0.6) is 5.75 Å². The van der Waals surface area contributed by atoms with Crippen LogP contribution in [0, 0.1) is 0 Å². The highest BCUT2D eigenvalue weighted by Gasteiger charge is 2.17. The molecule has 2 N–H and O–H groups in total. The molecule has 0 aliphatic rings. The summed E-state index contributed by atoms with van der Waals surface area (Å²) in [6.07, 6.45) is 0. The predicted molar refractivity (Wildman–Crippen MR) is 67.8 cm³/mol. The zero-order valence-electron chi connectivity index (χ0n) is 10.6. The van der Waals surface area contributed by atoms with Gasteiger partial charge in [0, 0.05) is 17.8 Å². The fourth-order valence-corrected chi connectivity index (χ4v) is 2.05. The Morgan fingerprint density at radius 1 is 1.18 bits per heavy atom. The quantitative estimate of drug-likeness (QED) is 0.845. The molecule has 0 unspecified atom stereocenters. The van der Waals surface area contributed by atoms with Crippen molar-refractivity contribution in [1.29, 1.82) is 0 Å². The van der Waals surface area contributed by atoms with Crippen LogP contribution in [0.2, 0.25) is 0 Å². The van der Waals surface area contributed by atoms with Gasteiger partial charge in [-0.05, 0) is 45.9 Å². The van der Waals surface area contributed by atoms with Gasteiger partial charge in [-0.25, -0.2) is 4.79 Å². The number of carboxylic acid groups (broad SMARTS) is 1. The smallest absolute Gasteiger partial charge is 0.339 e. The van der Waals surface area contributed by atoms with Gasteiger partial charge in [0.05, 0.1) is 0 Å². The highest BCUT2D eigenvalue weighted by Crippen LogP contribution is 2.26. The van der Waals surface area contributed by atoms with Crippen LogP contribution in [-0.4, -0.2) is 28.3 Å². The molecule has 0 aromatic heterocycles. The van der Waals surface area contributed by atoms with Gasteiger partial charge in [-0.1, -0.05) is 0 Å². The number of rotatable bonds is 4. The number of aromatic hydroxyl groups is 1. The Morgan fingerprint density at radius 3 is 2.12 bits per heavy atom. The van der Waals surface area contributed by atoms with E-state index in [2.05, 4.69) is 4.90 Å². The van der Waals surface area contributed by atoms with Gasteiger partial charge in [-0.3, -0.25) is 0 Å². The largest absolute Gasteiger partial charge is 0.507 e. The van der Waals surface area contributed by atoms with E-state index >= 15 is 0 Å². The molecule has 0 radical (unpaired) electrons. The summed E-state index contributed by atoms with van der Waals surface area (Å²) in [6, 6.07) is 5.21. The zero-order chi connectivity index (χ0) is 13.2. The molecule has 4 nitrogen and oxygen atoms in total. The van der Waals surface area contributed by atoms with Crippen LogP contribution in [0.4, 0.5) is 5.69 Å². The van der Waals surface area contributed by atoms with Crippen molar-refractivity contribution in [2.75, 3.05) is 4.90 Å². The first-order chi connectivity index (χ1) is 7.84. The van der Waals surface area contributed by atoms with Crippen LogP contribution in [0.1, 0.15) is 38.1 Å². The molecule has 0 amide bonds. The van der Waals surface area contributed by atoms with Gasteiger partial charge in [-0.15, -0.1) is 0 Å². The maximum Gasteiger partial charge on any atom is 0.339 e. The summed E-state index contributed by atoms with van der Waals surface area (Å²) in [4.78, 5) is 13.1. The van der Waals surface area contributed by atoms with Crippen molar-refractivity contribution in [2.45, 2.75) is 39.8 Å². The number of phenols is 1. The number of anilines is 1. The fourth-order valence-electron chi connectivity index (χ4n) is 2.05. The molecule has 94 valence electrons. The summed E-state index contributed by atoms with van der Waals surface area (Å²) in [5.74, 6) is -1.31. The summed E-state index contributed by atoms with van der Waals surface area (Å²) >= 11 is 0. The highest BCUT2D eigenvalue weighted by molar-refractivity contribution is 5.92. The van der Waals surface area contributed by atoms with Crippen LogP contribution >= 0.6 is 0 Å². The number of carboxylic acids is 1. The van der Waals surface area contributed by atoms with Crippen LogP contribution in [0.3, 0.4) is 0 Å². The highest BCUT2D eigenvalue weighted by atomic mass is 16.4. The molecule has 17 heavy (non-hydrogen) atoms. The van der Waals surface area contributed by atoms with Gasteiger partial charge in [0.1, 0.15) is 11.3 Å². The van der Waals surface area contributed by atoms with E-state index in [9.17, 15) is 9.90 Å². The van der Waals surface area contributed by atoms with Crippen molar-refractivity contribution < 1.29 is 15.0 Å². The Balaban J connectivity index is 3.22. The Morgan fingerprint density at radius 2 is 1.71 bits per heavy atom. The normalized spacial score (nSPS) is 10.9. The summed E-state index contributed by atoms with van der Waals surface area (Å²) in [7, 11) is 0. The van der Waals surface area contributed by atoms with Crippen LogP contribution < -0.4 is 4.90 Å². The Kier molecular flexibility index (Phi) is 3.99. The molecule has 0 spiro atoms. The predicted octanol–water partition coefficient (Wildman–Crippen LogP) is 2.71. The SMILES string of the molecule is CC(C)N(c1ccc(O)c(C(=O)O)c1)C(C)C. The number of benzene rings is 1. The number of hydrogen-bond donors (Lipinski definition) is 2. The van der Waals surface area contributed by atoms with Crippen molar-refractivity contribution >= 4 is 11.7 Å². The van der Waals surface area contributed by atoms with E-state index in [1.807, 2.05) is 27.7 Å². The lowest BCUT2D eigenvalue weighted by Gasteiger charge is -2.33. The monoisotopic (exact) mass is 237 g/mol. The van der Waals surface area contributed by atoms with Crippen molar-refractivity contribution in [3.05, 3.63) is 23.8 Å². The molecule has 0 aliphatic heterocycles. The first-order valence-electron chi connectivity index (χ1n) is 5.69. The van der Waals surface area contributed by atoms with E-state index in [1.165, 1.54) is 12.1 Å². The topological polar surface area (TPSA) is 60.8 Å². The number of nitrogens with zero attached hydrogens (tertiary/aromatic N) is 1. The minimum atomic E-state index is -1.11. The summed E-state index contributed by atoms with van der Waals surface area (Å²) in [5, 5.41) is 18.4. The van der Waals surface area contributed by atoms with Crippen molar-refractivity contribution in [1.82, 2.24) is 0 Å². The first-order valence-corrected chi connectivity index (χ1v) is 5.69. The lowest BCUT2D eigenvalue weighted by Crippen LogP contribution is -2.37. The second kappa shape index (κ2) is 5.08. The lowest BCUT2D eigenvalue weighted by molar-refractivity contribution is 0.0693. The van der Waals surface area contributed by atoms with Gasteiger partial charge < -0.3 is 15.1 Å². The average molecular weight is 237 g/mol. The number of carbonyl (C=O) groups is 1. The van der Waals surface area contributed by atoms with Crippen molar-refractivity contribution in [3.8, 4) is 5.75 Å². The summed E-state index contributed by atoms with van der Waals surface area (Å²) in [5.41, 5.74) is 0.749. The summed E-state index contributed by atoms with van der Waals surface area (Å²) in [6.45, 7) is 8.20. The molecule has 0 saturated heterocycles. The molecule has 4 heteroatoms. The zero-order valence-corrected chi connectivity index (χ0v) is 10.6. The third-order valence-corrected chi connectivity index (χ3v) is 2.62. The maximum atomic E-state index is 11.0. The molecule has 1 aromatic carbocycles. The second-order valence-electron chi connectivity index (χ2n) is 4.60. The lowest BCUT2D eigenvalue weighted by atomic mass is 10.1. The van der Waals surface area contributed by atoms with Gasteiger partial charge in [0.2, 0.25) is 0 Å². The van der Waals surface area contributed by atoms with Crippen LogP contribution in [0.25, 0.3) is 0 Å². The van der Waals surface area contributed by atoms with E-state index < -0.39 is 5.97 Å². The average Bonchev–Trinajstić information content (AvgIpc) is 2.19. The molecular formula is C13H19NO3. The van der Waals surface area contributed by atoms with E-state index in [1.54, 1.807) is 6.07 Å². The van der Waals surface area contributed by atoms with E-state index in [4.69, 9.17) is 5.11 Å². The molecule has 0 atom stereocenters. The van der Waals surface area contributed by atoms with Gasteiger partial charge in [0.15, 0.2) is 0 Å². The molecule has 0 fully saturated rings. The van der Waals surface area contributed by atoms with Crippen LogP contribution in [-0.2, 0) is 0 Å². The number of aromatic carboxylic acids is 1. The molecular weight excluding hydrogens is 218 g/mol. The number of hydrogen-bond acceptors (Lipinski definition) is 3. The summed E-state index contributed by atoms with van der Waals surface area (Å²) < 4.78 is 0. The minimum Gasteiger partial charge on any atom is -0.507 e. The standard InChI is InChI=1S/C13H19NO3/c1-8(2)14(9(3)4)10-5-6-12(15)11(7-10)13(16)17/h5-9,15H,1-4H3,(H,16,17). The second-order valence-corrected chi connectivity index (χ2v) is 4.60. The van der Waals surface area contributed by atoms with Crippen molar-refractivity contribution in [2.24, 2.45) is 0 Å². The molecule has 0 heterocycles. The molecule has 0 bridgehead atoms. The minimum absolute atomic E-state index is 0.0613. The Hall–Kier alpha value is -1.71. The molecule has 0 aliphatic carbocycles. The molecule has 1 rings (SSSR count). The van der Waals surface area contributed by atoms with Gasteiger partial charge in [-0.2, -0.15) is 0 Å². The maximum absolute atomic E-state index is 11.0. The van der Waals surface area contributed by atoms with E-state index in [0.717, 1.165) is 5.69 Å². The van der Waals surface area contributed by atoms with E-state index in [0.29, 0.717) is 0 Å². The van der Waals surface area contributed by atoms with Crippen LogP contribution in [0.15, 0.2) is 18.2 Å². The third kappa shape index (κ3) is 2.90. The third-order valence-electron chi connectivity index (χ3n) is 2.62. The van der Waals surface area contributed by atoms with Crippen molar-refractivity contribution in [3.63, 3.8) is 0 Å². The molecule has 0 saturated carbocycles. The fraction of sp³-hybridized carbons (Fsp3) is 0.462. The van der Waals surface area contributed by atoms with Gasteiger partial charge >= 0.3 is 5.97 Å².